The molecule has 2 aliphatic heterocycles. The summed E-state index contributed by atoms with van der Waals surface area (Å²) < 4.78 is 0. The fourth-order valence-electron chi connectivity index (χ4n) is 5.30. The molecule has 0 N–H and O–H groups in total. The summed E-state index contributed by atoms with van der Waals surface area (Å²) in [6.45, 7) is 0. The predicted octanol–water partition coefficient (Wildman–Crippen LogP) is 2.83. The van der Waals surface area contributed by atoms with Crippen LogP contribution in [0.4, 0.5) is 0 Å². The quantitative estimate of drug-likeness (QED) is 0.552. The summed E-state index contributed by atoms with van der Waals surface area (Å²) >= 11 is 0. The van der Waals surface area contributed by atoms with E-state index in [0.717, 1.165) is 35.5 Å². The fourth-order valence-corrected chi connectivity index (χ4v) is 5.30. The molecule has 16 heavy (non-hydrogen) atoms. The molecule has 0 aromatic rings. The summed E-state index contributed by atoms with van der Waals surface area (Å²) in [5, 5.41) is 9.29. The van der Waals surface area contributed by atoms with Crippen molar-refractivity contribution in [2.45, 2.75) is 24.9 Å². The van der Waals surface area contributed by atoms with Gasteiger partial charge in [-0.1, -0.05) is 24.3 Å². The number of nitrogens with zero attached hydrogens (tertiary/aromatic N) is 2. The van der Waals surface area contributed by atoms with E-state index in [9.17, 15) is 0 Å². The summed E-state index contributed by atoms with van der Waals surface area (Å²) in [7, 11) is 0. The van der Waals surface area contributed by atoms with Crippen LogP contribution in [-0.4, -0.2) is 12.1 Å². The number of hydrogen-bond donors (Lipinski definition) is 0. The van der Waals surface area contributed by atoms with Crippen molar-refractivity contribution in [2.24, 2.45) is 45.7 Å². The molecule has 0 aromatic carbocycles. The molecule has 2 fully saturated rings. The van der Waals surface area contributed by atoms with Crippen LogP contribution in [0, 0.1) is 35.5 Å². The van der Waals surface area contributed by atoms with E-state index >= 15 is 0 Å². The van der Waals surface area contributed by atoms with E-state index in [-0.39, 0.29) is 0 Å². The lowest BCUT2D eigenvalue weighted by atomic mass is 9.60. The van der Waals surface area contributed by atoms with E-state index in [2.05, 4.69) is 34.5 Å². The van der Waals surface area contributed by atoms with Gasteiger partial charge in [0.1, 0.15) is 0 Å². The predicted molar refractivity (Wildman–Crippen MR) is 60.9 cm³/mol. The molecule has 2 heterocycles. The minimum atomic E-state index is 0.527. The van der Waals surface area contributed by atoms with Crippen molar-refractivity contribution < 1.29 is 0 Å². The number of allylic oxidation sites excluding steroid dienone is 3. The topological polar surface area (TPSA) is 24.7 Å². The van der Waals surface area contributed by atoms with Gasteiger partial charge >= 0.3 is 0 Å². The van der Waals surface area contributed by atoms with Crippen LogP contribution in [-0.2, 0) is 0 Å². The van der Waals surface area contributed by atoms with Gasteiger partial charge in [-0.25, -0.2) is 0 Å². The van der Waals surface area contributed by atoms with Gasteiger partial charge in [0.25, 0.3) is 0 Å². The third-order valence-electron chi connectivity index (χ3n) is 5.80. The second kappa shape index (κ2) is 2.49. The first-order chi connectivity index (χ1) is 7.93. The van der Waals surface area contributed by atoms with Crippen LogP contribution >= 0.6 is 0 Å². The van der Waals surface area contributed by atoms with E-state index in [1.54, 1.807) is 0 Å². The lowest BCUT2D eigenvalue weighted by molar-refractivity contribution is 0.0468. The van der Waals surface area contributed by atoms with Crippen molar-refractivity contribution in [1.29, 1.82) is 0 Å². The summed E-state index contributed by atoms with van der Waals surface area (Å²) in [6.07, 6.45) is 12.4. The van der Waals surface area contributed by atoms with Crippen LogP contribution in [0.1, 0.15) is 12.8 Å². The molecule has 4 aliphatic carbocycles. The average molecular weight is 212 g/mol. The number of fused-ring (bicyclic) bond motifs is 2. The molecule has 0 unspecified atom stereocenters. The minimum absolute atomic E-state index is 0.527. The maximum absolute atomic E-state index is 4.65. The van der Waals surface area contributed by atoms with Gasteiger partial charge in [-0.2, -0.15) is 10.2 Å². The van der Waals surface area contributed by atoms with E-state index < -0.39 is 0 Å². The average Bonchev–Trinajstić information content (AvgIpc) is 3.05. The summed E-state index contributed by atoms with van der Waals surface area (Å²) in [6, 6.07) is 1.08. The fraction of sp³-hybridized carbons (Fsp3) is 0.714. The molecule has 2 saturated carbocycles. The van der Waals surface area contributed by atoms with E-state index in [1.807, 2.05) is 0 Å². The maximum Gasteiger partial charge on any atom is 0.0811 e. The number of rotatable bonds is 0. The van der Waals surface area contributed by atoms with Gasteiger partial charge < -0.3 is 0 Å². The summed E-state index contributed by atoms with van der Waals surface area (Å²) in [5.74, 6) is 4.88. The zero-order valence-corrected chi connectivity index (χ0v) is 9.24. The van der Waals surface area contributed by atoms with Crippen molar-refractivity contribution in [3.05, 3.63) is 24.3 Å². The Bertz CT molecular complexity index is 436. The van der Waals surface area contributed by atoms with E-state index in [4.69, 9.17) is 0 Å². The van der Waals surface area contributed by atoms with Gasteiger partial charge in [0.2, 0.25) is 0 Å². The van der Waals surface area contributed by atoms with Gasteiger partial charge in [0.15, 0.2) is 0 Å². The van der Waals surface area contributed by atoms with Crippen LogP contribution in [0.5, 0.6) is 0 Å². The lowest BCUT2D eigenvalue weighted by Crippen LogP contribution is -2.53. The standard InChI is InChI=1S/C14H16N2/c1-2-9-10(3-1)14-12-8-5-4-7(6-8)11(12)13(9)15-16-14/h1-2,4-5,7-14H,3,6H2/t7-,8+,9+,10-,11-,12+,13+,14-/m1/s1. The summed E-state index contributed by atoms with van der Waals surface area (Å²) in [5.41, 5.74) is 0. The van der Waals surface area contributed by atoms with Crippen molar-refractivity contribution in [2.75, 3.05) is 0 Å². The van der Waals surface area contributed by atoms with Gasteiger partial charge in [0, 0.05) is 5.92 Å². The zero-order chi connectivity index (χ0) is 10.3. The molecule has 0 aromatic heterocycles. The zero-order valence-electron chi connectivity index (χ0n) is 9.24. The molecule has 2 nitrogen and oxygen atoms in total. The lowest BCUT2D eigenvalue weighted by Gasteiger charge is -2.50. The third-order valence-corrected chi connectivity index (χ3v) is 5.80. The molecule has 0 amide bonds. The molecule has 4 bridgehead atoms. The normalized spacial score (nSPS) is 63.0. The Hall–Kier alpha value is -0.920. The smallest absolute Gasteiger partial charge is 0.0811 e. The third kappa shape index (κ3) is 0.732. The van der Waals surface area contributed by atoms with Crippen molar-refractivity contribution in [1.82, 2.24) is 0 Å². The molecule has 0 saturated heterocycles. The molecule has 0 radical (unpaired) electrons. The molecule has 0 spiro atoms. The Balaban J connectivity index is 1.67. The SMILES string of the molecule is C1=C[C@H]2[C@@H](C1)[C@H]1N=N[C@@H]2[C@H]2[C@@H]1[C@H]1C=C[C@@H]2C1. The first kappa shape index (κ1) is 8.21. The van der Waals surface area contributed by atoms with Crippen molar-refractivity contribution in [3.63, 3.8) is 0 Å². The van der Waals surface area contributed by atoms with E-state index in [1.165, 1.54) is 12.8 Å². The Morgan fingerprint density at radius 2 is 1.62 bits per heavy atom. The second-order valence-electron chi connectivity index (χ2n) is 6.22. The van der Waals surface area contributed by atoms with Crippen LogP contribution in [0.15, 0.2) is 34.5 Å². The van der Waals surface area contributed by atoms with Gasteiger partial charge in [-0.05, 0) is 42.4 Å². The van der Waals surface area contributed by atoms with Gasteiger partial charge in [-0.3, -0.25) is 0 Å². The van der Waals surface area contributed by atoms with Crippen LogP contribution in [0.25, 0.3) is 0 Å². The van der Waals surface area contributed by atoms with Crippen molar-refractivity contribution >= 4 is 0 Å². The Morgan fingerprint density at radius 1 is 0.875 bits per heavy atom. The highest BCUT2D eigenvalue weighted by molar-refractivity contribution is 5.26. The second-order valence-corrected chi connectivity index (χ2v) is 6.22. The van der Waals surface area contributed by atoms with Crippen LogP contribution < -0.4 is 0 Å². The molecule has 6 rings (SSSR count). The molecular formula is C14H16N2. The monoisotopic (exact) mass is 212 g/mol. The van der Waals surface area contributed by atoms with Crippen molar-refractivity contribution in [3.8, 4) is 0 Å². The molecule has 6 aliphatic rings. The largest absolute Gasteiger partial charge is 0.190 e. The number of azo groups is 1. The first-order valence-corrected chi connectivity index (χ1v) is 6.68. The van der Waals surface area contributed by atoms with Crippen LogP contribution in [0.3, 0.4) is 0 Å². The first-order valence-electron chi connectivity index (χ1n) is 6.68. The highest BCUT2D eigenvalue weighted by Gasteiger charge is 2.61. The number of hydrogen-bond acceptors (Lipinski definition) is 2. The van der Waals surface area contributed by atoms with E-state index in [0.29, 0.717) is 12.1 Å². The minimum Gasteiger partial charge on any atom is -0.190 e. The Kier molecular flexibility index (Phi) is 1.28. The van der Waals surface area contributed by atoms with Gasteiger partial charge in [-0.15, -0.1) is 0 Å². The molecular weight excluding hydrogens is 196 g/mol. The molecule has 82 valence electrons. The van der Waals surface area contributed by atoms with Crippen LogP contribution in [0.2, 0.25) is 0 Å². The highest BCUT2D eigenvalue weighted by Crippen LogP contribution is 2.61. The molecule has 8 atom stereocenters. The maximum atomic E-state index is 4.65. The summed E-state index contributed by atoms with van der Waals surface area (Å²) in [4.78, 5) is 0. The highest BCUT2D eigenvalue weighted by atomic mass is 15.2. The Labute approximate surface area is 95.5 Å². The molecule has 2 heteroatoms. The Morgan fingerprint density at radius 3 is 2.50 bits per heavy atom. The van der Waals surface area contributed by atoms with Gasteiger partial charge in [0.05, 0.1) is 12.1 Å².